The molecule has 0 spiro atoms. The molecule has 0 radical (unpaired) electrons. The second kappa shape index (κ2) is 8.23. The number of amides is 2. The molecule has 0 fully saturated rings. The third kappa shape index (κ3) is 4.17. The Kier molecular flexibility index (Phi) is 5.78. The number of nitrogens with one attached hydrogen (secondary N) is 1. The van der Waals surface area contributed by atoms with E-state index in [2.05, 4.69) is 19.2 Å². The lowest BCUT2D eigenvalue weighted by Gasteiger charge is -2.28. The molecule has 1 aliphatic rings. The molecule has 26 heavy (non-hydrogen) atoms. The van der Waals surface area contributed by atoms with Gasteiger partial charge in [0.25, 0.3) is 0 Å². The van der Waals surface area contributed by atoms with Gasteiger partial charge in [0.05, 0.1) is 11.4 Å². The summed E-state index contributed by atoms with van der Waals surface area (Å²) in [6, 6.07) is 17.5. The molecule has 0 saturated carbocycles. The summed E-state index contributed by atoms with van der Waals surface area (Å²) in [5.41, 5.74) is 3.60. The van der Waals surface area contributed by atoms with Gasteiger partial charge in [-0.2, -0.15) is 0 Å². The van der Waals surface area contributed by atoms with Gasteiger partial charge in [0, 0.05) is 5.69 Å². The van der Waals surface area contributed by atoms with Gasteiger partial charge in [-0.3, -0.25) is 9.59 Å². The fraction of sp³-hybridized carbons (Fsp3) is 0.238. The zero-order valence-electron chi connectivity index (χ0n) is 14.9. The molecule has 0 atom stereocenters. The minimum absolute atomic E-state index is 0.00650. The van der Waals surface area contributed by atoms with Gasteiger partial charge >= 0.3 is 0 Å². The quantitative estimate of drug-likeness (QED) is 0.857. The first-order valence-corrected chi connectivity index (χ1v) is 9.67. The first kappa shape index (κ1) is 18.3. The number of rotatable bonds is 5. The van der Waals surface area contributed by atoms with Crippen molar-refractivity contribution in [3.05, 3.63) is 71.1 Å². The molecule has 1 N–H and O–H groups in total. The van der Waals surface area contributed by atoms with Crippen molar-refractivity contribution in [2.24, 2.45) is 0 Å². The van der Waals surface area contributed by atoms with Gasteiger partial charge in [-0.1, -0.05) is 62.4 Å². The van der Waals surface area contributed by atoms with E-state index in [0.717, 1.165) is 22.5 Å². The zero-order chi connectivity index (χ0) is 18.5. The van der Waals surface area contributed by atoms with E-state index in [4.69, 9.17) is 0 Å². The van der Waals surface area contributed by atoms with E-state index in [1.807, 2.05) is 60.0 Å². The van der Waals surface area contributed by atoms with Crippen LogP contribution in [-0.2, 0) is 9.59 Å². The molecule has 2 amide bonds. The average Bonchev–Trinajstić information content (AvgIpc) is 2.64. The number of nitrogens with zero attached hydrogens (tertiary/aromatic N) is 1. The van der Waals surface area contributed by atoms with E-state index in [0.29, 0.717) is 11.7 Å². The van der Waals surface area contributed by atoms with Crippen LogP contribution >= 0.6 is 11.8 Å². The average molecular weight is 366 g/mol. The highest BCUT2D eigenvalue weighted by molar-refractivity contribution is 8.03. The number of benzene rings is 2. The standard InChI is InChI=1S/C21H22N2O2S/c1-15(2)17-10-6-7-11-18(17)22-20(24)12-23-19(13-26-14-21(23)25)16-8-4-3-5-9-16/h3-11,13,15H,12,14H2,1-2H3,(H,22,24). The molecule has 2 aromatic carbocycles. The van der Waals surface area contributed by atoms with Crippen LogP contribution in [0.25, 0.3) is 5.70 Å². The summed E-state index contributed by atoms with van der Waals surface area (Å²) in [6.45, 7) is 4.19. The second-order valence-corrected chi connectivity index (χ2v) is 7.31. The second-order valence-electron chi connectivity index (χ2n) is 6.45. The molecule has 0 bridgehead atoms. The Labute approximate surface area is 158 Å². The van der Waals surface area contributed by atoms with E-state index >= 15 is 0 Å². The summed E-state index contributed by atoms with van der Waals surface area (Å²) in [5.74, 6) is 0.412. The molecule has 1 aliphatic heterocycles. The van der Waals surface area contributed by atoms with Gasteiger partial charge in [0.15, 0.2) is 0 Å². The molecule has 0 unspecified atom stereocenters. The predicted molar refractivity (Wildman–Crippen MR) is 108 cm³/mol. The number of para-hydroxylation sites is 1. The highest BCUT2D eigenvalue weighted by Crippen LogP contribution is 2.28. The molecule has 2 aromatic rings. The van der Waals surface area contributed by atoms with Crippen LogP contribution in [0, 0.1) is 0 Å². The van der Waals surface area contributed by atoms with Crippen molar-refractivity contribution in [2.45, 2.75) is 19.8 Å². The van der Waals surface area contributed by atoms with Crippen molar-refractivity contribution >= 4 is 35.0 Å². The fourth-order valence-corrected chi connectivity index (χ4v) is 3.72. The monoisotopic (exact) mass is 366 g/mol. The SMILES string of the molecule is CC(C)c1ccccc1NC(=O)CN1C(=O)CSC=C1c1ccccc1. The molecule has 134 valence electrons. The first-order chi connectivity index (χ1) is 12.6. The van der Waals surface area contributed by atoms with Gasteiger partial charge in [-0.15, -0.1) is 11.8 Å². The summed E-state index contributed by atoms with van der Waals surface area (Å²) >= 11 is 1.46. The minimum atomic E-state index is -0.194. The minimum Gasteiger partial charge on any atom is -0.324 e. The Morgan fingerprint density at radius 3 is 2.54 bits per heavy atom. The fourth-order valence-electron chi connectivity index (χ4n) is 2.92. The van der Waals surface area contributed by atoms with Gasteiger partial charge in [0.1, 0.15) is 6.54 Å². The largest absolute Gasteiger partial charge is 0.324 e. The smallest absolute Gasteiger partial charge is 0.244 e. The van der Waals surface area contributed by atoms with Crippen molar-refractivity contribution < 1.29 is 9.59 Å². The normalized spacial score (nSPS) is 14.3. The number of anilines is 1. The maximum Gasteiger partial charge on any atom is 0.244 e. The van der Waals surface area contributed by atoms with Crippen LogP contribution in [0.4, 0.5) is 5.69 Å². The van der Waals surface area contributed by atoms with Crippen molar-refractivity contribution in [2.75, 3.05) is 17.6 Å². The van der Waals surface area contributed by atoms with Gasteiger partial charge in [0.2, 0.25) is 11.8 Å². The van der Waals surface area contributed by atoms with Crippen LogP contribution in [0.15, 0.2) is 60.0 Å². The van der Waals surface area contributed by atoms with Gasteiger partial charge in [-0.05, 0) is 28.5 Å². The molecule has 1 heterocycles. The molecule has 5 heteroatoms. The van der Waals surface area contributed by atoms with Crippen LogP contribution in [0.3, 0.4) is 0 Å². The Morgan fingerprint density at radius 2 is 1.81 bits per heavy atom. The Morgan fingerprint density at radius 1 is 1.12 bits per heavy atom. The lowest BCUT2D eigenvalue weighted by molar-refractivity contribution is -0.129. The topological polar surface area (TPSA) is 49.4 Å². The van der Waals surface area contributed by atoms with Crippen LogP contribution in [0.5, 0.6) is 0 Å². The van der Waals surface area contributed by atoms with E-state index < -0.39 is 0 Å². The highest BCUT2D eigenvalue weighted by atomic mass is 32.2. The first-order valence-electron chi connectivity index (χ1n) is 8.62. The van der Waals surface area contributed by atoms with Gasteiger partial charge in [-0.25, -0.2) is 0 Å². The van der Waals surface area contributed by atoms with E-state index in [-0.39, 0.29) is 18.4 Å². The number of carbonyl (C=O) groups excluding carboxylic acids is 2. The Hall–Kier alpha value is -2.53. The lowest BCUT2D eigenvalue weighted by Crippen LogP contribution is -2.39. The summed E-state index contributed by atoms with van der Waals surface area (Å²) in [7, 11) is 0. The third-order valence-corrected chi connectivity index (χ3v) is 5.03. The summed E-state index contributed by atoms with van der Waals surface area (Å²) in [5, 5.41) is 4.92. The predicted octanol–water partition coefficient (Wildman–Crippen LogP) is 4.32. The van der Waals surface area contributed by atoms with Crippen LogP contribution in [-0.4, -0.2) is 29.0 Å². The molecular formula is C21H22N2O2S. The maximum atomic E-state index is 12.6. The molecule has 0 saturated heterocycles. The summed E-state index contributed by atoms with van der Waals surface area (Å²) in [6.07, 6.45) is 0. The summed E-state index contributed by atoms with van der Waals surface area (Å²) < 4.78 is 0. The number of carbonyl (C=O) groups is 2. The van der Waals surface area contributed by atoms with Crippen molar-refractivity contribution in [3.8, 4) is 0 Å². The van der Waals surface area contributed by atoms with Crippen LogP contribution in [0.1, 0.15) is 30.9 Å². The Balaban J connectivity index is 1.78. The van der Waals surface area contributed by atoms with Crippen LogP contribution < -0.4 is 5.32 Å². The molecule has 4 nitrogen and oxygen atoms in total. The number of thioether (sulfide) groups is 1. The summed E-state index contributed by atoms with van der Waals surface area (Å²) in [4.78, 5) is 26.6. The number of hydrogen-bond donors (Lipinski definition) is 1. The lowest BCUT2D eigenvalue weighted by atomic mass is 10.0. The highest BCUT2D eigenvalue weighted by Gasteiger charge is 2.25. The van der Waals surface area contributed by atoms with Crippen LogP contribution in [0.2, 0.25) is 0 Å². The molecule has 0 aromatic heterocycles. The Bertz CT molecular complexity index is 831. The van der Waals surface area contributed by atoms with E-state index in [1.165, 1.54) is 11.8 Å². The van der Waals surface area contributed by atoms with E-state index in [9.17, 15) is 9.59 Å². The van der Waals surface area contributed by atoms with Gasteiger partial charge < -0.3 is 10.2 Å². The van der Waals surface area contributed by atoms with Crippen molar-refractivity contribution in [1.29, 1.82) is 0 Å². The molecule has 0 aliphatic carbocycles. The van der Waals surface area contributed by atoms with E-state index in [1.54, 1.807) is 4.90 Å². The number of hydrogen-bond acceptors (Lipinski definition) is 3. The molecular weight excluding hydrogens is 344 g/mol. The molecule has 3 rings (SSSR count). The third-order valence-electron chi connectivity index (χ3n) is 4.22. The zero-order valence-corrected chi connectivity index (χ0v) is 15.8. The maximum absolute atomic E-state index is 12.6. The van der Waals surface area contributed by atoms with Crippen molar-refractivity contribution in [3.63, 3.8) is 0 Å². The van der Waals surface area contributed by atoms with Crippen molar-refractivity contribution in [1.82, 2.24) is 4.90 Å².